The molecule has 0 spiro atoms. The minimum atomic E-state index is -0.627. The molecule has 27 heavy (non-hydrogen) atoms. The molecule has 2 aromatic carbocycles. The number of nitrogens with one attached hydrogen (secondary N) is 1. The monoisotopic (exact) mass is 363 g/mol. The third-order valence-electron chi connectivity index (χ3n) is 5.10. The summed E-state index contributed by atoms with van der Waals surface area (Å²) in [6.07, 6.45) is 3.60. The summed E-state index contributed by atoms with van der Waals surface area (Å²) in [6.45, 7) is 0.361. The Bertz CT molecular complexity index is 1270. The van der Waals surface area contributed by atoms with Gasteiger partial charge in [0.05, 0.1) is 12.2 Å². The Morgan fingerprint density at radius 3 is 2.67 bits per heavy atom. The summed E-state index contributed by atoms with van der Waals surface area (Å²) in [5.41, 5.74) is 4.19. The summed E-state index contributed by atoms with van der Waals surface area (Å²) in [6, 6.07) is 11.2. The van der Waals surface area contributed by atoms with Crippen LogP contribution in [0, 0.1) is 11.6 Å². The van der Waals surface area contributed by atoms with Gasteiger partial charge in [0, 0.05) is 47.7 Å². The van der Waals surface area contributed by atoms with Gasteiger partial charge in [0.2, 0.25) is 0 Å². The first-order valence-corrected chi connectivity index (χ1v) is 8.56. The number of aromatic nitrogens is 2. The van der Waals surface area contributed by atoms with Gasteiger partial charge in [-0.25, -0.2) is 8.78 Å². The van der Waals surface area contributed by atoms with E-state index in [1.165, 1.54) is 12.1 Å². The number of aryl methyl sites for hydroxylation is 1. The number of para-hydroxylation sites is 1. The summed E-state index contributed by atoms with van der Waals surface area (Å²) in [4.78, 5) is 17.4. The van der Waals surface area contributed by atoms with E-state index >= 15 is 0 Å². The molecule has 1 aliphatic heterocycles. The topological polar surface area (TPSA) is 41.0 Å². The Labute approximate surface area is 153 Å². The Morgan fingerprint density at radius 1 is 1.04 bits per heavy atom. The average Bonchev–Trinajstić information content (AvgIpc) is 3.02. The number of hydrogen-bond donors (Lipinski definition) is 1. The van der Waals surface area contributed by atoms with Crippen LogP contribution in [0.25, 0.3) is 22.0 Å². The van der Waals surface area contributed by atoms with Crippen LogP contribution in [0.1, 0.15) is 5.56 Å². The molecule has 0 atom stereocenters. The van der Waals surface area contributed by atoms with Gasteiger partial charge in [0.15, 0.2) is 0 Å². The molecule has 4 nitrogen and oxygen atoms in total. The first-order valence-electron chi connectivity index (χ1n) is 8.56. The van der Waals surface area contributed by atoms with Crippen molar-refractivity contribution >= 4 is 22.3 Å². The van der Waals surface area contributed by atoms with Crippen LogP contribution >= 0.6 is 0 Å². The third-order valence-corrected chi connectivity index (χ3v) is 5.10. The van der Waals surface area contributed by atoms with Crippen LogP contribution in [-0.4, -0.2) is 9.55 Å². The predicted octanol–water partition coefficient (Wildman–Crippen LogP) is 4.46. The Morgan fingerprint density at radius 2 is 1.85 bits per heavy atom. The number of aromatic amines is 1. The maximum Gasteiger partial charge on any atom is 0.274 e. The summed E-state index contributed by atoms with van der Waals surface area (Å²) < 4.78 is 29.6. The number of halogens is 2. The van der Waals surface area contributed by atoms with E-state index in [0.29, 0.717) is 12.1 Å². The third kappa shape index (κ3) is 2.23. The summed E-state index contributed by atoms with van der Waals surface area (Å²) in [7, 11) is 1.71. The second-order valence-electron chi connectivity index (χ2n) is 6.72. The molecule has 0 saturated heterocycles. The number of benzene rings is 2. The van der Waals surface area contributed by atoms with E-state index in [1.54, 1.807) is 17.8 Å². The van der Waals surface area contributed by atoms with E-state index in [4.69, 9.17) is 0 Å². The zero-order chi connectivity index (χ0) is 18.7. The molecule has 134 valence electrons. The van der Waals surface area contributed by atoms with Crippen LogP contribution in [0.4, 0.5) is 20.2 Å². The number of hydrogen-bond acceptors (Lipinski definition) is 2. The highest BCUT2D eigenvalue weighted by Crippen LogP contribution is 2.43. The molecule has 3 heterocycles. The van der Waals surface area contributed by atoms with Gasteiger partial charge in [0.25, 0.3) is 5.56 Å². The number of fused-ring (bicyclic) bond motifs is 2. The molecule has 4 aromatic rings. The molecule has 0 bridgehead atoms. The SMILES string of the molecule is Cn1cc2c3c(c[nH]c3c1=O)CN(c1ccc(F)cc1F)c1ccccc1-2. The molecule has 1 aliphatic rings. The fourth-order valence-corrected chi connectivity index (χ4v) is 3.87. The van der Waals surface area contributed by atoms with Crippen molar-refractivity contribution in [1.29, 1.82) is 0 Å². The van der Waals surface area contributed by atoms with E-state index in [1.807, 2.05) is 35.4 Å². The van der Waals surface area contributed by atoms with Gasteiger partial charge < -0.3 is 14.5 Å². The van der Waals surface area contributed by atoms with Crippen molar-refractivity contribution in [2.24, 2.45) is 7.05 Å². The van der Waals surface area contributed by atoms with Gasteiger partial charge in [-0.1, -0.05) is 18.2 Å². The lowest BCUT2D eigenvalue weighted by Gasteiger charge is -2.26. The van der Waals surface area contributed by atoms with Gasteiger partial charge in [0.1, 0.15) is 17.2 Å². The molecule has 0 saturated carbocycles. The van der Waals surface area contributed by atoms with Crippen molar-refractivity contribution in [3.05, 3.63) is 82.4 Å². The molecular formula is C21H15F2N3O. The minimum absolute atomic E-state index is 0.112. The van der Waals surface area contributed by atoms with Gasteiger partial charge in [-0.15, -0.1) is 0 Å². The fraction of sp³-hybridized carbons (Fsp3) is 0.0952. The van der Waals surface area contributed by atoms with Crippen LogP contribution in [0.15, 0.2) is 59.7 Å². The van der Waals surface area contributed by atoms with E-state index in [2.05, 4.69) is 4.98 Å². The van der Waals surface area contributed by atoms with Crippen molar-refractivity contribution in [1.82, 2.24) is 9.55 Å². The molecule has 0 amide bonds. The van der Waals surface area contributed by atoms with Crippen molar-refractivity contribution in [2.45, 2.75) is 6.54 Å². The highest BCUT2D eigenvalue weighted by atomic mass is 19.1. The Hall–Kier alpha value is -3.41. The van der Waals surface area contributed by atoms with Crippen molar-refractivity contribution < 1.29 is 8.78 Å². The van der Waals surface area contributed by atoms with E-state index in [-0.39, 0.29) is 11.2 Å². The first kappa shape index (κ1) is 15.8. The first-order chi connectivity index (χ1) is 13.0. The number of nitrogens with zero attached hydrogens (tertiary/aromatic N) is 2. The number of anilines is 2. The molecule has 0 radical (unpaired) electrons. The average molecular weight is 363 g/mol. The van der Waals surface area contributed by atoms with Gasteiger partial charge in [-0.3, -0.25) is 4.79 Å². The Balaban J connectivity index is 1.86. The lowest BCUT2D eigenvalue weighted by atomic mass is 10.0. The Kier molecular flexibility index (Phi) is 3.25. The standard InChI is InChI=1S/C21H15F2N3O/c1-25-11-15-14-4-2-3-5-17(14)26(18-7-6-13(22)8-16(18)23)10-12-9-24-20(19(12)15)21(25)27/h2-9,11,24H,10H2,1H3. The van der Waals surface area contributed by atoms with E-state index in [9.17, 15) is 13.6 Å². The maximum atomic E-state index is 14.6. The minimum Gasteiger partial charge on any atom is -0.356 e. The second kappa shape index (κ2) is 5.54. The summed E-state index contributed by atoms with van der Waals surface area (Å²) >= 11 is 0. The number of rotatable bonds is 1. The highest BCUT2D eigenvalue weighted by molar-refractivity contribution is 6.02. The van der Waals surface area contributed by atoms with E-state index < -0.39 is 11.6 Å². The van der Waals surface area contributed by atoms with Crippen molar-refractivity contribution in [2.75, 3.05) is 4.90 Å². The van der Waals surface area contributed by atoms with Crippen LogP contribution < -0.4 is 10.5 Å². The molecule has 6 heteroatoms. The predicted molar refractivity (Wildman–Crippen MR) is 101 cm³/mol. The number of H-pyrrole nitrogens is 1. The quantitative estimate of drug-likeness (QED) is 0.542. The molecule has 5 rings (SSSR count). The number of pyridine rings is 1. The van der Waals surface area contributed by atoms with Gasteiger partial charge >= 0.3 is 0 Å². The van der Waals surface area contributed by atoms with Crippen LogP contribution in [0.5, 0.6) is 0 Å². The molecule has 0 aliphatic carbocycles. The van der Waals surface area contributed by atoms with Gasteiger partial charge in [-0.2, -0.15) is 0 Å². The van der Waals surface area contributed by atoms with E-state index in [0.717, 1.165) is 33.8 Å². The van der Waals surface area contributed by atoms with Crippen LogP contribution in [-0.2, 0) is 13.6 Å². The zero-order valence-electron chi connectivity index (χ0n) is 14.5. The molecule has 0 unspecified atom stereocenters. The highest BCUT2D eigenvalue weighted by Gasteiger charge is 2.26. The normalized spacial score (nSPS) is 12.9. The molecule has 2 aromatic heterocycles. The van der Waals surface area contributed by atoms with Crippen molar-refractivity contribution in [3.63, 3.8) is 0 Å². The second-order valence-corrected chi connectivity index (χ2v) is 6.72. The molecule has 0 fully saturated rings. The van der Waals surface area contributed by atoms with Gasteiger partial charge in [-0.05, 0) is 23.8 Å². The van der Waals surface area contributed by atoms with Crippen LogP contribution in [0.3, 0.4) is 0 Å². The largest absolute Gasteiger partial charge is 0.356 e. The van der Waals surface area contributed by atoms with Crippen molar-refractivity contribution in [3.8, 4) is 11.1 Å². The summed E-state index contributed by atoms with van der Waals surface area (Å²) in [5.74, 6) is -1.24. The zero-order valence-corrected chi connectivity index (χ0v) is 14.5. The molecular weight excluding hydrogens is 348 g/mol. The lowest BCUT2D eigenvalue weighted by Crippen LogP contribution is -2.17. The smallest absolute Gasteiger partial charge is 0.274 e. The lowest BCUT2D eigenvalue weighted by molar-refractivity contribution is 0.582. The van der Waals surface area contributed by atoms with Crippen LogP contribution in [0.2, 0.25) is 0 Å². The maximum absolute atomic E-state index is 14.6. The summed E-state index contributed by atoms with van der Waals surface area (Å²) in [5, 5.41) is 0.843. The fourth-order valence-electron chi connectivity index (χ4n) is 3.87. The molecule has 1 N–H and O–H groups in total.